The zero-order valence-corrected chi connectivity index (χ0v) is 17.2. The van der Waals surface area contributed by atoms with Crippen LogP contribution in [-0.4, -0.2) is 49.0 Å². The summed E-state index contributed by atoms with van der Waals surface area (Å²) in [4.78, 5) is 2.65. The number of hydrogen-bond acceptors (Lipinski definition) is 5. The Kier molecular flexibility index (Phi) is 4.89. The third-order valence-corrected chi connectivity index (χ3v) is 7.99. The maximum atomic E-state index is 13.1. The monoisotopic (exact) mass is 411 g/mol. The summed E-state index contributed by atoms with van der Waals surface area (Å²) in [7, 11) is -3.48. The van der Waals surface area contributed by atoms with Crippen molar-refractivity contribution in [3.05, 3.63) is 59.5 Å². The lowest BCUT2D eigenvalue weighted by Gasteiger charge is -2.33. The highest BCUT2D eigenvalue weighted by molar-refractivity contribution is 7.89. The molecule has 1 aliphatic carbocycles. The molecule has 1 aromatic heterocycles. The Bertz CT molecular complexity index is 1130. The quantitative estimate of drug-likeness (QED) is 0.660. The molecule has 29 heavy (non-hydrogen) atoms. The summed E-state index contributed by atoms with van der Waals surface area (Å²) in [5.41, 5.74) is 2.31. The number of nitrogens with zero attached hydrogens (tertiary/aromatic N) is 3. The Morgan fingerprint density at radius 1 is 0.931 bits per heavy atom. The molecule has 5 rings (SSSR count). The van der Waals surface area contributed by atoms with Crippen LogP contribution in [-0.2, 0) is 29.4 Å². The topological polar surface area (TPSA) is 66.7 Å². The molecule has 2 aromatic carbocycles. The summed E-state index contributed by atoms with van der Waals surface area (Å²) >= 11 is 0. The average molecular weight is 412 g/mol. The molecular formula is C22H25N3O3S. The van der Waals surface area contributed by atoms with Gasteiger partial charge in [0.2, 0.25) is 10.0 Å². The van der Waals surface area contributed by atoms with Crippen molar-refractivity contribution in [1.82, 2.24) is 14.4 Å². The second-order valence-electron chi connectivity index (χ2n) is 7.93. The van der Waals surface area contributed by atoms with E-state index in [-0.39, 0.29) is 0 Å². The van der Waals surface area contributed by atoms with E-state index in [1.807, 2.05) is 30.3 Å². The van der Waals surface area contributed by atoms with E-state index in [0.717, 1.165) is 41.6 Å². The first-order valence-electron chi connectivity index (χ1n) is 10.3. The van der Waals surface area contributed by atoms with Crippen LogP contribution in [0.2, 0.25) is 0 Å². The molecule has 1 aliphatic heterocycles. The molecule has 0 atom stereocenters. The van der Waals surface area contributed by atoms with Crippen LogP contribution in [0.25, 0.3) is 10.8 Å². The normalized spacial score (nSPS) is 18.8. The van der Waals surface area contributed by atoms with Gasteiger partial charge in [0, 0.05) is 44.7 Å². The molecule has 152 valence electrons. The van der Waals surface area contributed by atoms with Gasteiger partial charge >= 0.3 is 0 Å². The SMILES string of the molecule is O=S(=O)(c1ccc2ccccc2c1)N1CCN(Cc2noc3c2CCCC3)CC1. The lowest BCUT2D eigenvalue weighted by molar-refractivity contribution is 0.177. The van der Waals surface area contributed by atoms with E-state index in [2.05, 4.69) is 10.1 Å². The second-order valence-corrected chi connectivity index (χ2v) is 9.87. The van der Waals surface area contributed by atoms with Crippen molar-refractivity contribution in [2.75, 3.05) is 26.2 Å². The number of benzene rings is 2. The molecule has 7 heteroatoms. The van der Waals surface area contributed by atoms with E-state index in [0.29, 0.717) is 31.1 Å². The molecule has 0 saturated carbocycles. The van der Waals surface area contributed by atoms with Crippen molar-refractivity contribution in [3.8, 4) is 0 Å². The Labute approximate surface area is 171 Å². The van der Waals surface area contributed by atoms with Crippen molar-refractivity contribution in [1.29, 1.82) is 0 Å². The zero-order valence-electron chi connectivity index (χ0n) is 16.4. The molecule has 0 unspecified atom stereocenters. The van der Waals surface area contributed by atoms with Crippen molar-refractivity contribution in [2.24, 2.45) is 0 Å². The van der Waals surface area contributed by atoms with Gasteiger partial charge in [-0.15, -0.1) is 0 Å². The van der Waals surface area contributed by atoms with Gasteiger partial charge in [0.1, 0.15) is 11.5 Å². The number of aromatic nitrogens is 1. The fraction of sp³-hybridized carbons (Fsp3) is 0.409. The molecule has 6 nitrogen and oxygen atoms in total. The molecule has 1 saturated heterocycles. The molecule has 0 amide bonds. The van der Waals surface area contributed by atoms with Crippen LogP contribution in [0.4, 0.5) is 0 Å². The molecule has 2 aliphatic rings. The highest BCUT2D eigenvalue weighted by atomic mass is 32.2. The molecule has 2 heterocycles. The van der Waals surface area contributed by atoms with Crippen molar-refractivity contribution in [2.45, 2.75) is 37.1 Å². The predicted octanol–water partition coefficient (Wildman–Crippen LogP) is 3.21. The van der Waals surface area contributed by atoms with Gasteiger partial charge in [-0.1, -0.05) is 35.5 Å². The summed E-state index contributed by atoms with van der Waals surface area (Å²) in [6, 6.07) is 13.2. The second kappa shape index (κ2) is 7.55. The fourth-order valence-corrected chi connectivity index (χ4v) is 5.85. The Hall–Kier alpha value is -2.22. The standard InChI is InChI=1S/C22H25N3O3S/c26-29(27,19-10-9-17-5-1-2-6-18(17)15-19)25-13-11-24(12-14-25)16-21-20-7-3-4-8-22(20)28-23-21/h1-2,5-6,9-10,15H,3-4,7-8,11-14,16H2. The summed E-state index contributed by atoms with van der Waals surface area (Å²) in [6.45, 7) is 3.13. The Morgan fingerprint density at radius 2 is 1.69 bits per heavy atom. The minimum Gasteiger partial charge on any atom is -0.361 e. The third kappa shape index (κ3) is 3.58. The van der Waals surface area contributed by atoms with Gasteiger partial charge in [0.25, 0.3) is 0 Å². The first kappa shape index (κ1) is 18.8. The highest BCUT2D eigenvalue weighted by Gasteiger charge is 2.30. The summed E-state index contributed by atoms with van der Waals surface area (Å²) < 4.78 is 33.4. The Morgan fingerprint density at radius 3 is 2.52 bits per heavy atom. The largest absolute Gasteiger partial charge is 0.361 e. The van der Waals surface area contributed by atoms with Gasteiger partial charge in [-0.3, -0.25) is 4.90 Å². The van der Waals surface area contributed by atoms with Crippen LogP contribution in [0, 0.1) is 0 Å². The van der Waals surface area contributed by atoms with Gasteiger partial charge in [0.05, 0.1) is 4.90 Å². The maximum absolute atomic E-state index is 13.1. The zero-order chi connectivity index (χ0) is 19.8. The number of piperazine rings is 1. The van der Waals surface area contributed by atoms with E-state index >= 15 is 0 Å². The van der Waals surface area contributed by atoms with Crippen LogP contribution >= 0.6 is 0 Å². The first-order chi connectivity index (χ1) is 14.1. The third-order valence-electron chi connectivity index (χ3n) is 6.09. The number of aryl methyl sites for hydroxylation is 1. The van der Waals surface area contributed by atoms with Crippen molar-refractivity contribution < 1.29 is 12.9 Å². The van der Waals surface area contributed by atoms with Gasteiger partial charge < -0.3 is 4.52 Å². The predicted molar refractivity (Wildman–Crippen MR) is 111 cm³/mol. The fourth-order valence-electron chi connectivity index (χ4n) is 4.39. The first-order valence-corrected chi connectivity index (χ1v) is 11.7. The van der Waals surface area contributed by atoms with Crippen LogP contribution < -0.4 is 0 Å². The number of sulfonamides is 1. The van der Waals surface area contributed by atoms with Gasteiger partial charge in [-0.05, 0) is 42.2 Å². The lowest BCUT2D eigenvalue weighted by atomic mass is 9.96. The minimum absolute atomic E-state index is 0.371. The smallest absolute Gasteiger partial charge is 0.243 e. The Balaban J connectivity index is 1.27. The number of rotatable bonds is 4. The summed E-state index contributed by atoms with van der Waals surface area (Å²) in [5.74, 6) is 1.05. The van der Waals surface area contributed by atoms with Crippen molar-refractivity contribution >= 4 is 20.8 Å². The molecule has 1 fully saturated rings. The van der Waals surface area contributed by atoms with E-state index in [4.69, 9.17) is 4.52 Å². The molecule has 0 radical (unpaired) electrons. The van der Waals surface area contributed by atoms with E-state index in [1.54, 1.807) is 16.4 Å². The maximum Gasteiger partial charge on any atom is 0.243 e. The van der Waals surface area contributed by atoms with E-state index in [1.165, 1.54) is 18.4 Å². The van der Waals surface area contributed by atoms with Crippen LogP contribution in [0.5, 0.6) is 0 Å². The summed E-state index contributed by atoms with van der Waals surface area (Å²) in [6.07, 6.45) is 4.40. The summed E-state index contributed by atoms with van der Waals surface area (Å²) in [5, 5.41) is 6.28. The molecular weight excluding hydrogens is 386 g/mol. The van der Waals surface area contributed by atoms with Crippen molar-refractivity contribution in [3.63, 3.8) is 0 Å². The minimum atomic E-state index is -3.48. The van der Waals surface area contributed by atoms with E-state index in [9.17, 15) is 8.42 Å². The van der Waals surface area contributed by atoms with Gasteiger partial charge in [0.15, 0.2) is 0 Å². The molecule has 0 bridgehead atoms. The van der Waals surface area contributed by atoms with Crippen LogP contribution in [0.1, 0.15) is 29.9 Å². The average Bonchev–Trinajstić information content (AvgIpc) is 3.17. The van der Waals surface area contributed by atoms with Crippen LogP contribution in [0.15, 0.2) is 51.9 Å². The van der Waals surface area contributed by atoms with E-state index < -0.39 is 10.0 Å². The lowest BCUT2D eigenvalue weighted by Crippen LogP contribution is -2.48. The molecule has 0 spiro atoms. The van der Waals surface area contributed by atoms with Crippen LogP contribution in [0.3, 0.4) is 0 Å². The molecule has 3 aromatic rings. The molecule has 0 N–H and O–H groups in total. The van der Waals surface area contributed by atoms with Gasteiger partial charge in [-0.2, -0.15) is 4.31 Å². The number of fused-ring (bicyclic) bond motifs is 2. The highest BCUT2D eigenvalue weighted by Crippen LogP contribution is 2.26. The van der Waals surface area contributed by atoms with Gasteiger partial charge in [-0.25, -0.2) is 8.42 Å². The number of hydrogen-bond donors (Lipinski definition) is 0.